The molecule has 0 bridgehead atoms. The van der Waals surface area contributed by atoms with E-state index in [1.54, 1.807) is 12.4 Å². The second-order valence-electron chi connectivity index (χ2n) is 4.04. The molecule has 3 rings (SSSR count). The van der Waals surface area contributed by atoms with Gasteiger partial charge in [-0.1, -0.05) is 12.1 Å². The quantitative estimate of drug-likeness (QED) is 0.650. The molecule has 86 valence electrons. The molecule has 0 fully saturated rings. The Bertz CT molecular complexity index is 765. The highest BCUT2D eigenvalue weighted by molar-refractivity contribution is 5.77. The molecule has 0 aliphatic rings. The molecule has 0 unspecified atom stereocenters. The summed E-state index contributed by atoms with van der Waals surface area (Å²) in [6.07, 6.45) is 1.70. The van der Waals surface area contributed by atoms with Crippen molar-refractivity contribution in [2.75, 3.05) is 0 Å². The highest BCUT2D eigenvalue weighted by Gasteiger charge is 2.09. The van der Waals surface area contributed by atoms with E-state index in [-0.39, 0.29) is 0 Å². The van der Waals surface area contributed by atoms with Gasteiger partial charge in [-0.15, -0.1) is 0 Å². The van der Waals surface area contributed by atoms with E-state index in [0.717, 1.165) is 16.7 Å². The number of rotatable bonds is 1. The van der Waals surface area contributed by atoms with Gasteiger partial charge in [0.15, 0.2) is 5.82 Å². The number of aryl methyl sites for hydroxylation is 1. The van der Waals surface area contributed by atoms with Crippen molar-refractivity contribution in [2.45, 2.75) is 6.92 Å². The van der Waals surface area contributed by atoms with Crippen molar-refractivity contribution in [1.82, 2.24) is 14.5 Å². The lowest BCUT2D eigenvalue weighted by Gasteiger charge is -2.06. The Morgan fingerprint density at radius 2 is 2.00 bits per heavy atom. The number of nitrogens with zero attached hydrogens (tertiary/aromatic N) is 4. The second kappa shape index (κ2) is 3.97. The molecule has 4 nitrogen and oxygen atoms in total. The molecule has 0 aliphatic carbocycles. The number of aromatic nitrogens is 3. The molecule has 0 saturated carbocycles. The highest BCUT2D eigenvalue weighted by atomic mass is 15.1. The van der Waals surface area contributed by atoms with E-state index < -0.39 is 0 Å². The minimum atomic E-state index is 0.545. The maximum Gasteiger partial charge on any atom is 0.156 e. The minimum absolute atomic E-state index is 0.545. The van der Waals surface area contributed by atoms with Crippen LogP contribution in [0.4, 0.5) is 0 Å². The molecule has 2 heterocycles. The van der Waals surface area contributed by atoms with Gasteiger partial charge in [-0.25, -0.2) is 9.97 Å². The topological polar surface area (TPSA) is 54.5 Å². The lowest BCUT2D eigenvalue weighted by Crippen LogP contribution is -2.00. The molecule has 0 spiro atoms. The second-order valence-corrected chi connectivity index (χ2v) is 4.04. The Morgan fingerprint density at radius 1 is 1.17 bits per heavy atom. The minimum Gasteiger partial charge on any atom is -0.282 e. The van der Waals surface area contributed by atoms with Gasteiger partial charge in [-0.3, -0.25) is 4.57 Å². The largest absolute Gasteiger partial charge is 0.282 e. The number of benzene rings is 1. The lowest BCUT2D eigenvalue weighted by molar-refractivity contribution is 0.993. The van der Waals surface area contributed by atoms with E-state index in [1.807, 2.05) is 41.8 Å². The monoisotopic (exact) mass is 234 g/mol. The normalized spacial score (nSPS) is 10.4. The standard InChI is InChI=1S/C14H10N4/c1-10-6-7-11(8-15)14(17-10)18-9-16-12-4-2-3-5-13(12)18/h2-7,9H,1H3. The first-order chi connectivity index (χ1) is 8.79. The molecule has 3 aromatic rings. The number of hydrogen-bond donors (Lipinski definition) is 0. The molecular formula is C14H10N4. The fourth-order valence-electron chi connectivity index (χ4n) is 1.94. The molecule has 0 atom stereocenters. The van der Waals surface area contributed by atoms with Crippen LogP contribution in [0.3, 0.4) is 0 Å². The van der Waals surface area contributed by atoms with Crippen molar-refractivity contribution in [3.05, 3.63) is 54.0 Å². The van der Waals surface area contributed by atoms with E-state index in [4.69, 9.17) is 5.26 Å². The molecule has 0 amide bonds. The van der Waals surface area contributed by atoms with Crippen molar-refractivity contribution >= 4 is 11.0 Å². The highest BCUT2D eigenvalue weighted by Crippen LogP contribution is 2.19. The molecule has 0 radical (unpaired) electrons. The SMILES string of the molecule is Cc1ccc(C#N)c(-n2cnc3ccccc32)n1. The van der Waals surface area contributed by atoms with Crippen molar-refractivity contribution in [3.63, 3.8) is 0 Å². The van der Waals surface area contributed by atoms with Crippen LogP contribution in [0.25, 0.3) is 16.9 Å². The molecule has 0 saturated heterocycles. The Labute approximate surface area is 104 Å². The van der Waals surface area contributed by atoms with Crippen LogP contribution in [-0.2, 0) is 0 Å². The zero-order chi connectivity index (χ0) is 12.5. The van der Waals surface area contributed by atoms with Gasteiger partial charge in [-0.2, -0.15) is 5.26 Å². The summed E-state index contributed by atoms with van der Waals surface area (Å²) < 4.78 is 1.85. The van der Waals surface area contributed by atoms with E-state index in [1.165, 1.54) is 0 Å². The zero-order valence-corrected chi connectivity index (χ0v) is 9.83. The summed E-state index contributed by atoms with van der Waals surface area (Å²) in [6.45, 7) is 1.91. The van der Waals surface area contributed by atoms with Crippen LogP contribution in [0.15, 0.2) is 42.7 Å². The van der Waals surface area contributed by atoms with Crippen LogP contribution < -0.4 is 0 Å². The van der Waals surface area contributed by atoms with Crippen molar-refractivity contribution < 1.29 is 0 Å². The van der Waals surface area contributed by atoms with Gasteiger partial charge < -0.3 is 0 Å². The molecule has 0 aliphatic heterocycles. The summed E-state index contributed by atoms with van der Waals surface area (Å²) >= 11 is 0. The Balaban J connectivity index is 2.33. The maximum atomic E-state index is 9.16. The molecule has 4 heteroatoms. The number of para-hydroxylation sites is 2. The molecule has 0 N–H and O–H groups in total. The molecule has 1 aromatic carbocycles. The number of hydrogen-bond acceptors (Lipinski definition) is 3. The van der Waals surface area contributed by atoms with Crippen LogP contribution >= 0.6 is 0 Å². The predicted molar refractivity (Wildman–Crippen MR) is 68.3 cm³/mol. The van der Waals surface area contributed by atoms with Gasteiger partial charge in [0, 0.05) is 5.69 Å². The zero-order valence-electron chi connectivity index (χ0n) is 9.83. The Morgan fingerprint density at radius 3 is 2.83 bits per heavy atom. The summed E-state index contributed by atoms with van der Waals surface area (Å²) in [4.78, 5) is 8.75. The third-order valence-electron chi connectivity index (χ3n) is 2.82. The van der Waals surface area contributed by atoms with E-state index >= 15 is 0 Å². The average molecular weight is 234 g/mol. The fourth-order valence-corrected chi connectivity index (χ4v) is 1.94. The van der Waals surface area contributed by atoms with Crippen LogP contribution in [0.1, 0.15) is 11.3 Å². The summed E-state index contributed by atoms with van der Waals surface area (Å²) in [5, 5.41) is 9.16. The first-order valence-corrected chi connectivity index (χ1v) is 5.60. The van der Waals surface area contributed by atoms with Crippen LogP contribution in [0, 0.1) is 18.3 Å². The first kappa shape index (κ1) is 10.5. The van der Waals surface area contributed by atoms with Gasteiger partial charge in [0.25, 0.3) is 0 Å². The smallest absolute Gasteiger partial charge is 0.156 e. The average Bonchev–Trinajstić information content (AvgIpc) is 2.82. The van der Waals surface area contributed by atoms with Crippen molar-refractivity contribution in [2.24, 2.45) is 0 Å². The van der Waals surface area contributed by atoms with Crippen molar-refractivity contribution in [1.29, 1.82) is 5.26 Å². The number of nitriles is 1. The third kappa shape index (κ3) is 1.54. The van der Waals surface area contributed by atoms with E-state index in [9.17, 15) is 0 Å². The van der Waals surface area contributed by atoms with Gasteiger partial charge in [-0.05, 0) is 31.2 Å². The van der Waals surface area contributed by atoms with Crippen LogP contribution in [0.2, 0.25) is 0 Å². The Hall–Kier alpha value is -2.67. The van der Waals surface area contributed by atoms with Crippen LogP contribution in [-0.4, -0.2) is 14.5 Å². The van der Waals surface area contributed by atoms with Gasteiger partial charge in [0.05, 0.1) is 16.6 Å². The third-order valence-corrected chi connectivity index (χ3v) is 2.82. The number of fused-ring (bicyclic) bond motifs is 1. The van der Waals surface area contributed by atoms with Gasteiger partial charge in [0.2, 0.25) is 0 Å². The fraction of sp³-hybridized carbons (Fsp3) is 0.0714. The van der Waals surface area contributed by atoms with Gasteiger partial charge in [0.1, 0.15) is 12.4 Å². The molecule has 18 heavy (non-hydrogen) atoms. The Kier molecular flexibility index (Phi) is 2.31. The summed E-state index contributed by atoms with van der Waals surface area (Å²) in [6, 6.07) is 13.6. The maximum absolute atomic E-state index is 9.16. The predicted octanol–water partition coefficient (Wildman–Crippen LogP) is 2.60. The summed E-state index contributed by atoms with van der Waals surface area (Å²) in [7, 11) is 0. The van der Waals surface area contributed by atoms with E-state index in [2.05, 4.69) is 16.0 Å². The molecule has 2 aromatic heterocycles. The summed E-state index contributed by atoms with van der Waals surface area (Å²) in [5.74, 6) is 0.631. The van der Waals surface area contributed by atoms with Crippen molar-refractivity contribution in [3.8, 4) is 11.9 Å². The van der Waals surface area contributed by atoms with E-state index in [0.29, 0.717) is 11.4 Å². The first-order valence-electron chi connectivity index (χ1n) is 5.60. The lowest BCUT2D eigenvalue weighted by atomic mass is 10.2. The number of imidazole rings is 1. The summed E-state index contributed by atoms with van der Waals surface area (Å²) in [5.41, 5.74) is 3.27. The molecular weight excluding hydrogens is 224 g/mol. The van der Waals surface area contributed by atoms with Crippen LogP contribution in [0.5, 0.6) is 0 Å². The number of pyridine rings is 1. The van der Waals surface area contributed by atoms with Gasteiger partial charge >= 0.3 is 0 Å².